The highest BCUT2D eigenvalue weighted by Gasteiger charge is 2.28. The molecule has 2 N–H and O–H groups in total. The normalized spacial score (nSPS) is 18.3. The van der Waals surface area contributed by atoms with Gasteiger partial charge in [0.2, 0.25) is 0 Å². The minimum Gasteiger partial charge on any atom is -0.481 e. The summed E-state index contributed by atoms with van der Waals surface area (Å²) in [6.45, 7) is 3.12. The smallest absolute Gasteiger partial charge is 0.317 e. The molecular formula is C16H22N2O3. The number of rotatable bonds is 4. The number of carbonyl (C=O) groups excluding carboxylic acids is 1. The van der Waals surface area contributed by atoms with Crippen LogP contribution < -0.4 is 5.32 Å². The van der Waals surface area contributed by atoms with Gasteiger partial charge in [-0.2, -0.15) is 0 Å². The summed E-state index contributed by atoms with van der Waals surface area (Å²) in [6, 6.07) is 7.63. The van der Waals surface area contributed by atoms with Gasteiger partial charge in [0, 0.05) is 19.1 Å². The maximum Gasteiger partial charge on any atom is 0.317 e. The van der Waals surface area contributed by atoms with Crippen molar-refractivity contribution in [2.75, 3.05) is 6.54 Å². The van der Waals surface area contributed by atoms with E-state index in [2.05, 4.69) is 5.32 Å². The van der Waals surface area contributed by atoms with Gasteiger partial charge in [0.25, 0.3) is 0 Å². The van der Waals surface area contributed by atoms with Crippen LogP contribution in [0, 0.1) is 6.92 Å². The Labute approximate surface area is 125 Å². The van der Waals surface area contributed by atoms with Crippen LogP contribution in [0.25, 0.3) is 0 Å². The van der Waals surface area contributed by atoms with E-state index in [1.54, 1.807) is 4.90 Å². The first-order valence-electron chi connectivity index (χ1n) is 7.38. The molecule has 2 rings (SSSR count). The first-order chi connectivity index (χ1) is 10.1. The average Bonchev–Trinajstić information content (AvgIpc) is 2.45. The van der Waals surface area contributed by atoms with Crippen LogP contribution in [0.15, 0.2) is 24.3 Å². The van der Waals surface area contributed by atoms with E-state index >= 15 is 0 Å². The summed E-state index contributed by atoms with van der Waals surface area (Å²) in [4.78, 5) is 24.8. The highest BCUT2D eigenvalue weighted by Crippen LogP contribution is 2.19. The van der Waals surface area contributed by atoms with Gasteiger partial charge in [-0.3, -0.25) is 4.79 Å². The molecule has 1 aliphatic rings. The van der Waals surface area contributed by atoms with Crippen molar-refractivity contribution in [2.45, 2.75) is 45.2 Å². The Bertz CT molecular complexity index is 516. The number of amides is 2. The van der Waals surface area contributed by atoms with Gasteiger partial charge in [0.05, 0.1) is 6.42 Å². The van der Waals surface area contributed by atoms with E-state index in [1.165, 1.54) is 0 Å². The summed E-state index contributed by atoms with van der Waals surface area (Å²) in [6.07, 6.45) is 2.72. The largest absolute Gasteiger partial charge is 0.481 e. The maximum atomic E-state index is 12.3. The summed E-state index contributed by atoms with van der Waals surface area (Å²) in [5.74, 6) is -0.849. The maximum absolute atomic E-state index is 12.3. The fourth-order valence-electron chi connectivity index (χ4n) is 2.78. The second kappa shape index (κ2) is 7.11. The van der Waals surface area contributed by atoms with Crippen molar-refractivity contribution in [1.82, 2.24) is 10.2 Å². The average molecular weight is 290 g/mol. The number of hydrogen-bond donors (Lipinski definition) is 2. The summed E-state index contributed by atoms with van der Waals surface area (Å²) in [7, 11) is 0. The molecule has 1 aromatic rings. The molecule has 21 heavy (non-hydrogen) atoms. The highest BCUT2D eigenvalue weighted by atomic mass is 16.4. The second-order valence-corrected chi connectivity index (χ2v) is 5.59. The number of benzene rings is 1. The lowest BCUT2D eigenvalue weighted by Crippen LogP contribution is -2.49. The van der Waals surface area contributed by atoms with Gasteiger partial charge < -0.3 is 15.3 Å². The molecule has 0 aliphatic carbocycles. The van der Waals surface area contributed by atoms with Gasteiger partial charge in [-0.05, 0) is 31.7 Å². The molecule has 0 aromatic heterocycles. The van der Waals surface area contributed by atoms with Crippen LogP contribution in [0.3, 0.4) is 0 Å². The van der Waals surface area contributed by atoms with Gasteiger partial charge in [-0.15, -0.1) is 0 Å². The highest BCUT2D eigenvalue weighted by molar-refractivity contribution is 5.76. The lowest BCUT2D eigenvalue weighted by molar-refractivity contribution is -0.138. The van der Waals surface area contributed by atoms with Crippen molar-refractivity contribution in [1.29, 1.82) is 0 Å². The molecule has 0 spiro atoms. The molecule has 1 aromatic carbocycles. The number of likely N-dealkylation sites (tertiary alicyclic amines) is 1. The molecule has 1 atom stereocenters. The minimum absolute atomic E-state index is 0.0257. The SMILES string of the molecule is Cc1cccc(CNC(=O)N2CCCCC2CC(=O)O)c1. The second-order valence-electron chi connectivity index (χ2n) is 5.59. The van der Waals surface area contributed by atoms with E-state index in [0.717, 1.165) is 30.4 Å². The zero-order valence-electron chi connectivity index (χ0n) is 12.3. The van der Waals surface area contributed by atoms with Crippen molar-refractivity contribution in [2.24, 2.45) is 0 Å². The Morgan fingerprint density at radius 1 is 1.38 bits per heavy atom. The number of aliphatic carboxylic acids is 1. The fraction of sp³-hybridized carbons (Fsp3) is 0.500. The third-order valence-corrected chi connectivity index (χ3v) is 3.82. The lowest BCUT2D eigenvalue weighted by atomic mass is 10.00. The molecule has 5 heteroatoms. The van der Waals surface area contributed by atoms with Crippen molar-refractivity contribution in [3.05, 3.63) is 35.4 Å². The van der Waals surface area contributed by atoms with Crippen LogP contribution in [0.1, 0.15) is 36.8 Å². The zero-order valence-corrected chi connectivity index (χ0v) is 12.3. The number of carbonyl (C=O) groups is 2. The Hall–Kier alpha value is -2.04. The number of carboxylic acid groups (broad SMARTS) is 1. The Morgan fingerprint density at radius 3 is 2.90 bits per heavy atom. The predicted octanol–water partition coefficient (Wildman–Crippen LogP) is 2.53. The van der Waals surface area contributed by atoms with Crippen LogP contribution in [-0.4, -0.2) is 34.6 Å². The van der Waals surface area contributed by atoms with Gasteiger partial charge in [-0.25, -0.2) is 4.79 Å². The number of nitrogens with one attached hydrogen (secondary N) is 1. The van der Waals surface area contributed by atoms with E-state index in [-0.39, 0.29) is 18.5 Å². The van der Waals surface area contributed by atoms with Crippen LogP contribution in [-0.2, 0) is 11.3 Å². The fourth-order valence-corrected chi connectivity index (χ4v) is 2.78. The molecule has 0 saturated carbocycles. The molecule has 2 amide bonds. The van der Waals surface area contributed by atoms with Gasteiger partial charge in [-0.1, -0.05) is 29.8 Å². The summed E-state index contributed by atoms with van der Waals surface area (Å²) in [5.41, 5.74) is 2.21. The van der Waals surface area contributed by atoms with Crippen molar-refractivity contribution < 1.29 is 14.7 Å². The van der Waals surface area contributed by atoms with E-state index in [0.29, 0.717) is 13.1 Å². The molecule has 1 heterocycles. The quantitative estimate of drug-likeness (QED) is 0.895. The van der Waals surface area contributed by atoms with Gasteiger partial charge in [0.15, 0.2) is 0 Å². The van der Waals surface area contributed by atoms with Crippen molar-refractivity contribution in [3.63, 3.8) is 0 Å². The van der Waals surface area contributed by atoms with Crippen molar-refractivity contribution in [3.8, 4) is 0 Å². The van der Waals surface area contributed by atoms with E-state index in [1.807, 2.05) is 31.2 Å². The van der Waals surface area contributed by atoms with E-state index < -0.39 is 5.97 Å². The first kappa shape index (κ1) is 15.4. The van der Waals surface area contributed by atoms with Crippen LogP contribution in [0.2, 0.25) is 0 Å². The number of urea groups is 1. The number of hydrogen-bond acceptors (Lipinski definition) is 2. The Balaban J connectivity index is 1.92. The molecule has 1 aliphatic heterocycles. The van der Waals surface area contributed by atoms with Gasteiger partial charge >= 0.3 is 12.0 Å². The summed E-state index contributed by atoms with van der Waals surface area (Å²) >= 11 is 0. The first-order valence-corrected chi connectivity index (χ1v) is 7.38. The molecule has 1 saturated heterocycles. The molecular weight excluding hydrogens is 268 g/mol. The van der Waals surface area contributed by atoms with Gasteiger partial charge in [0.1, 0.15) is 0 Å². The monoisotopic (exact) mass is 290 g/mol. The lowest BCUT2D eigenvalue weighted by Gasteiger charge is -2.34. The molecule has 0 radical (unpaired) electrons. The van der Waals surface area contributed by atoms with E-state index in [9.17, 15) is 9.59 Å². The number of carboxylic acids is 1. The molecule has 114 valence electrons. The number of piperidine rings is 1. The van der Waals surface area contributed by atoms with Crippen molar-refractivity contribution >= 4 is 12.0 Å². The number of aryl methyl sites for hydroxylation is 1. The Morgan fingerprint density at radius 2 is 2.19 bits per heavy atom. The molecule has 0 bridgehead atoms. The molecule has 1 unspecified atom stereocenters. The van der Waals surface area contributed by atoms with Crippen LogP contribution in [0.4, 0.5) is 4.79 Å². The van der Waals surface area contributed by atoms with Crippen LogP contribution in [0.5, 0.6) is 0 Å². The third-order valence-electron chi connectivity index (χ3n) is 3.82. The third kappa shape index (κ3) is 4.48. The predicted molar refractivity (Wildman–Crippen MR) is 80.0 cm³/mol. The standard InChI is InChI=1S/C16H22N2O3/c1-12-5-4-6-13(9-12)11-17-16(21)18-8-3-2-7-14(18)10-15(19)20/h4-6,9,14H,2-3,7-8,10-11H2,1H3,(H,17,21)(H,19,20). The minimum atomic E-state index is -0.849. The zero-order chi connectivity index (χ0) is 15.2. The summed E-state index contributed by atoms with van der Waals surface area (Å²) in [5, 5.41) is 11.8. The molecule has 1 fully saturated rings. The number of nitrogens with zero attached hydrogens (tertiary/aromatic N) is 1. The van der Waals surface area contributed by atoms with Crippen LogP contribution >= 0.6 is 0 Å². The molecule has 5 nitrogen and oxygen atoms in total. The Kier molecular flexibility index (Phi) is 5.20. The summed E-state index contributed by atoms with van der Waals surface area (Å²) < 4.78 is 0. The topological polar surface area (TPSA) is 69.6 Å². The van der Waals surface area contributed by atoms with E-state index in [4.69, 9.17) is 5.11 Å².